The van der Waals surface area contributed by atoms with E-state index >= 15 is 0 Å². The lowest BCUT2D eigenvalue weighted by Gasteiger charge is -2.40. The summed E-state index contributed by atoms with van der Waals surface area (Å²) in [5.74, 6) is -0.226. The van der Waals surface area contributed by atoms with Crippen molar-refractivity contribution < 1.29 is 39.8 Å². The van der Waals surface area contributed by atoms with Gasteiger partial charge in [0.15, 0.2) is 6.29 Å². The molecule has 0 aromatic heterocycles. The number of carbonyl (C=O) groups excluding carboxylic acids is 1. The molecule has 1 aliphatic heterocycles. The summed E-state index contributed by atoms with van der Waals surface area (Å²) in [5, 5.41) is 54.1. The number of aliphatic hydroxyl groups is 5. The zero-order valence-corrected chi connectivity index (χ0v) is 38.6. The monoisotopic (exact) mass is 866 g/mol. The zero-order valence-electron chi connectivity index (χ0n) is 38.6. The number of hydrogen-bond acceptors (Lipinski definition) is 8. The maximum absolute atomic E-state index is 13.0. The van der Waals surface area contributed by atoms with Crippen molar-refractivity contribution >= 4 is 5.91 Å². The summed E-state index contributed by atoms with van der Waals surface area (Å²) in [7, 11) is 0. The molecular weight excluding hydrogens is 779 g/mol. The summed E-state index contributed by atoms with van der Waals surface area (Å²) in [5.41, 5.74) is 0. The number of aliphatic hydroxyl groups excluding tert-OH is 5. The Morgan fingerprint density at radius 1 is 0.565 bits per heavy atom. The van der Waals surface area contributed by atoms with Crippen LogP contribution < -0.4 is 5.32 Å². The number of nitrogens with one attached hydrogen (secondary N) is 1. The van der Waals surface area contributed by atoms with Crippen LogP contribution in [-0.4, -0.2) is 87.5 Å². The highest BCUT2D eigenvalue weighted by molar-refractivity contribution is 5.76. The number of rotatable bonds is 38. The molecule has 6 N–H and O–H groups in total. The third-order valence-corrected chi connectivity index (χ3v) is 10.6. The van der Waals surface area contributed by atoms with Crippen molar-refractivity contribution in [3.05, 3.63) is 109 Å². The van der Waals surface area contributed by atoms with Crippen molar-refractivity contribution in [2.45, 2.75) is 204 Å². The molecular formula is C53H87NO8. The number of ether oxygens (including phenoxy) is 2. The van der Waals surface area contributed by atoms with Gasteiger partial charge in [0.2, 0.25) is 5.91 Å². The lowest BCUT2D eigenvalue weighted by atomic mass is 9.99. The number of carbonyl (C=O) groups is 1. The van der Waals surface area contributed by atoms with Gasteiger partial charge in [0, 0.05) is 6.42 Å². The highest BCUT2D eigenvalue weighted by atomic mass is 16.7. The molecule has 0 radical (unpaired) electrons. The van der Waals surface area contributed by atoms with Crippen molar-refractivity contribution in [2.24, 2.45) is 0 Å². The minimum absolute atomic E-state index is 0.214. The minimum Gasteiger partial charge on any atom is -0.394 e. The molecule has 0 spiro atoms. The minimum atomic E-state index is -1.58. The summed E-state index contributed by atoms with van der Waals surface area (Å²) in [6.45, 7) is 3.60. The van der Waals surface area contributed by atoms with Gasteiger partial charge in [-0.3, -0.25) is 4.79 Å². The van der Waals surface area contributed by atoms with Crippen LogP contribution in [0.2, 0.25) is 0 Å². The summed E-state index contributed by atoms with van der Waals surface area (Å²) < 4.78 is 11.2. The van der Waals surface area contributed by atoms with Crippen LogP contribution in [0.3, 0.4) is 0 Å². The summed E-state index contributed by atoms with van der Waals surface area (Å²) in [4.78, 5) is 13.0. The van der Waals surface area contributed by atoms with Crippen molar-refractivity contribution in [1.82, 2.24) is 5.32 Å². The van der Waals surface area contributed by atoms with Gasteiger partial charge in [-0.05, 0) is 83.5 Å². The number of hydrogen-bond donors (Lipinski definition) is 6. The molecule has 9 heteroatoms. The van der Waals surface area contributed by atoms with Crippen LogP contribution in [0.4, 0.5) is 0 Å². The first-order valence-electron chi connectivity index (χ1n) is 24.1. The number of unbranched alkanes of at least 4 members (excludes halogenated alkanes) is 12. The highest BCUT2D eigenvalue weighted by Gasteiger charge is 2.44. The molecule has 1 heterocycles. The number of amides is 1. The van der Waals surface area contributed by atoms with Crippen LogP contribution in [0.15, 0.2) is 109 Å². The standard InChI is InChI=1S/C53H87NO8/c1-3-5-7-9-11-13-15-17-18-19-20-21-22-23-24-25-26-27-28-29-30-31-33-35-37-39-41-43-49(57)54-46(45-61-53-52(60)51(59)50(58)48(44-55)62-53)47(56)42-40-38-36-34-32-16-14-12-10-8-6-4-2/h5,7,11,13,17-18,20-21,23-24,26-27,29-30,33,35,40,42,46-48,50-53,55-56,58-60H,3-4,6,8-10,12,14-16,19,22,25,28,31-32,34,36-39,41,43-45H2,1-2H3,(H,54,57)/b7-5-,13-11-,18-17-,21-20-,24-23-,27-26-,30-29-,35-33-,42-40+. The molecule has 7 unspecified atom stereocenters. The van der Waals surface area contributed by atoms with E-state index in [0.717, 1.165) is 83.5 Å². The zero-order chi connectivity index (χ0) is 45.1. The molecule has 0 saturated carbocycles. The Labute approximate surface area is 376 Å². The Hall–Kier alpha value is -3.15. The predicted molar refractivity (Wildman–Crippen MR) is 257 cm³/mol. The first-order valence-corrected chi connectivity index (χ1v) is 24.1. The van der Waals surface area contributed by atoms with E-state index < -0.39 is 49.5 Å². The first-order chi connectivity index (χ1) is 30.3. The molecule has 0 aromatic carbocycles. The number of allylic oxidation sites excluding steroid dienone is 17. The molecule has 352 valence electrons. The molecule has 0 bridgehead atoms. The first kappa shape index (κ1) is 56.9. The second kappa shape index (κ2) is 41.8. The van der Waals surface area contributed by atoms with Crippen LogP contribution in [0.1, 0.15) is 162 Å². The van der Waals surface area contributed by atoms with Crippen LogP contribution >= 0.6 is 0 Å². The average Bonchev–Trinajstić information content (AvgIpc) is 3.27. The Kier molecular flexibility index (Phi) is 38.4. The van der Waals surface area contributed by atoms with E-state index in [4.69, 9.17) is 9.47 Å². The van der Waals surface area contributed by atoms with Crippen LogP contribution in [0.5, 0.6) is 0 Å². The van der Waals surface area contributed by atoms with Crippen LogP contribution in [-0.2, 0) is 14.3 Å². The summed E-state index contributed by atoms with van der Waals surface area (Å²) in [6.07, 6.45) is 54.2. The Morgan fingerprint density at radius 3 is 1.48 bits per heavy atom. The van der Waals surface area contributed by atoms with Gasteiger partial charge in [-0.25, -0.2) is 0 Å². The van der Waals surface area contributed by atoms with E-state index in [1.54, 1.807) is 6.08 Å². The van der Waals surface area contributed by atoms with E-state index in [1.165, 1.54) is 51.4 Å². The molecule has 1 rings (SSSR count). The lowest BCUT2D eigenvalue weighted by Crippen LogP contribution is -2.60. The largest absolute Gasteiger partial charge is 0.394 e. The fourth-order valence-corrected chi connectivity index (χ4v) is 6.76. The fourth-order valence-electron chi connectivity index (χ4n) is 6.76. The van der Waals surface area contributed by atoms with E-state index in [1.807, 2.05) is 6.08 Å². The Balaban J connectivity index is 2.35. The molecule has 1 amide bonds. The van der Waals surface area contributed by atoms with Gasteiger partial charge < -0.3 is 40.3 Å². The van der Waals surface area contributed by atoms with Crippen molar-refractivity contribution in [3.63, 3.8) is 0 Å². The van der Waals surface area contributed by atoms with Gasteiger partial charge in [0.05, 0.1) is 25.4 Å². The van der Waals surface area contributed by atoms with Crippen LogP contribution in [0.25, 0.3) is 0 Å². The molecule has 1 saturated heterocycles. The second-order valence-corrected chi connectivity index (χ2v) is 16.2. The summed E-state index contributed by atoms with van der Waals surface area (Å²) >= 11 is 0. The fraction of sp³-hybridized carbons (Fsp3) is 0.642. The average molecular weight is 866 g/mol. The van der Waals surface area contributed by atoms with Gasteiger partial charge in [0.25, 0.3) is 0 Å². The third kappa shape index (κ3) is 31.7. The van der Waals surface area contributed by atoms with Gasteiger partial charge in [-0.2, -0.15) is 0 Å². The van der Waals surface area contributed by atoms with E-state index in [-0.39, 0.29) is 18.9 Å². The molecule has 9 nitrogen and oxygen atoms in total. The molecule has 1 fully saturated rings. The SMILES string of the molecule is CC/C=C\C/C=C\C/C=C\C/C=C\C/C=C\C/C=C\C/C=C\C/C=C\CCCCC(=O)NC(COC1OC(CO)C(O)C(O)C1O)C(O)/C=C/CCCCCCCCCCCC. The molecule has 0 aliphatic carbocycles. The smallest absolute Gasteiger partial charge is 0.220 e. The van der Waals surface area contributed by atoms with Crippen molar-refractivity contribution in [1.29, 1.82) is 0 Å². The molecule has 62 heavy (non-hydrogen) atoms. The second-order valence-electron chi connectivity index (χ2n) is 16.2. The normalized spacial score (nSPS) is 21.3. The van der Waals surface area contributed by atoms with E-state index in [9.17, 15) is 30.3 Å². The molecule has 1 aliphatic rings. The van der Waals surface area contributed by atoms with Crippen molar-refractivity contribution in [3.8, 4) is 0 Å². The Bertz CT molecular complexity index is 1330. The Morgan fingerprint density at radius 2 is 1.00 bits per heavy atom. The summed E-state index contributed by atoms with van der Waals surface area (Å²) in [6, 6.07) is -0.835. The maximum atomic E-state index is 13.0. The third-order valence-electron chi connectivity index (χ3n) is 10.6. The van der Waals surface area contributed by atoms with E-state index in [0.29, 0.717) is 6.42 Å². The topological polar surface area (TPSA) is 149 Å². The molecule has 7 atom stereocenters. The lowest BCUT2D eigenvalue weighted by molar-refractivity contribution is -0.302. The molecule has 0 aromatic rings. The maximum Gasteiger partial charge on any atom is 0.220 e. The van der Waals surface area contributed by atoms with Gasteiger partial charge in [-0.1, -0.05) is 181 Å². The quantitative estimate of drug-likeness (QED) is 0.0265. The van der Waals surface area contributed by atoms with Gasteiger partial charge >= 0.3 is 0 Å². The van der Waals surface area contributed by atoms with Crippen molar-refractivity contribution in [2.75, 3.05) is 13.2 Å². The predicted octanol–water partition coefficient (Wildman–Crippen LogP) is 10.7. The van der Waals surface area contributed by atoms with E-state index in [2.05, 4.69) is 116 Å². The van der Waals surface area contributed by atoms with Gasteiger partial charge in [0.1, 0.15) is 24.4 Å². The van der Waals surface area contributed by atoms with Gasteiger partial charge in [-0.15, -0.1) is 0 Å². The van der Waals surface area contributed by atoms with Crippen LogP contribution in [0, 0.1) is 0 Å². The highest BCUT2D eigenvalue weighted by Crippen LogP contribution is 2.22.